The van der Waals surface area contributed by atoms with Crippen molar-refractivity contribution in [3.8, 4) is 5.75 Å². The number of ether oxygens (including phenoxy) is 1. The molecule has 0 radical (unpaired) electrons. The number of rotatable bonds is 4. The largest absolute Gasteiger partial charge is 0.497 e. The van der Waals surface area contributed by atoms with Gasteiger partial charge in [-0.2, -0.15) is 0 Å². The van der Waals surface area contributed by atoms with E-state index in [9.17, 15) is 0 Å². The number of hydrogen-bond donors (Lipinski definition) is 1. The maximum atomic E-state index is 5.13. The summed E-state index contributed by atoms with van der Waals surface area (Å²) in [6.45, 7) is 2.05. The quantitative estimate of drug-likeness (QED) is 0.857. The molecule has 0 aliphatic carbocycles. The van der Waals surface area contributed by atoms with Crippen molar-refractivity contribution in [2.75, 3.05) is 12.4 Å². The van der Waals surface area contributed by atoms with Gasteiger partial charge >= 0.3 is 0 Å². The van der Waals surface area contributed by atoms with Crippen LogP contribution in [0.5, 0.6) is 5.75 Å². The first-order valence-electron chi connectivity index (χ1n) is 5.08. The van der Waals surface area contributed by atoms with Gasteiger partial charge in [-0.1, -0.05) is 0 Å². The molecule has 2 aromatic heterocycles. The third-order valence-electron chi connectivity index (χ3n) is 2.37. The molecule has 2 rings (SSSR count). The highest BCUT2D eigenvalue weighted by molar-refractivity contribution is 5.42. The molecule has 0 spiro atoms. The van der Waals surface area contributed by atoms with E-state index in [1.807, 2.05) is 25.1 Å². The van der Waals surface area contributed by atoms with Gasteiger partial charge in [0.2, 0.25) is 0 Å². The fourth-order valence-electron chi connectivity index (χ4n) is 1.44. The number of hydrogen-bond acceptors (Lipinski definition) is 4. The predicted molar refractivity (Wildman–Crippen MR) is 61.5 cm³/mol. The number of pyridine rings is 1. The maximum Gasteiger partial charge on any atom is 0.130 e. The van der Waals surface area contributed by atoms with Crippen molar-refractivity contribution in [1.82, 2.24) is 4.98 Å². The Morgan fingerprint density at radius 1 is 1.44 bits per heavy atom. The van der Waals surface area contributed by atoms with Crippen LogP contribution in [0.2, 0.25) is 0 Å². The minimum Gasteiger partial charge on any atom is -0.497 e. The summed E-state index contributed by atoms with van der Waals surface area (Å²) in [6.07, 6.45) is 5.09. The second kappa shape index (κ2) is 4.70. The lowest BCUT2D eigenvalue weighted by Crippen LogP contribution is -2.06. The molecule has 0 saturated carbocycles. The Kier molecular flexibility index (Phi) is 3.10. The minimum atomic E-state index is 0.151. The monoisotopic (exact) mass is 218 g/mol. The molecule has 1 atom stereocenters. The van der Waals surface area contributed by atoms with E-state index >= 15 is 0 Å². The Morgan fingerprint density at radius 2 is 2.31 bits per heavy atom. The van der Waals surface area contributed by atoms with Crippen LogP contribution in [0.25, 0.3) is 0 Å². The molecule has 4 heteroatoms. The van der Waals surface area contributed by atoms with Crippen LogP contribution in [0.3, 0.4) is 0 Å². The zero-order chi connectivity index (χ0) is 11.4. The van der Waals surface area contributed by atoms with Crippen molar-refractivity contribution in [2.45, 2.75) is 13.0 Å². The van der Waals surface area contributed by atoms with Gasteiger partial charge in [0.15, 0.2) is 0 Å². The van der Waals surface area contributed by atoms with Crippen LogP contribution in [0.15, 0.2) is 41.3 Å². The number of nitrogens with zero attached hydrogens (tertiary/aromatic N) is 1. The molecule has 16 heavy (non-hydrogen) atoms. The van der Waals surface area contributed by atoms with Gasteiger partial charge in [0.05, 0.1) is 25.7 Å². The molecule has 4 nitrogen and oxygen atoms in total. The highest BCUT2D eigenvalue weighted by Gasteiger charge is 2.07. The summed E-state index contributed by atoms with van der Waals surface area (Å²) in [7, 11) is 1.64. The molecule has 0 fully saturated rings. The second-order valence-electron chi connectivity index (χ2n) is 3.50. The summed E-state index contributed by atoms with van der Waals surface area (Å²) in [5.74, 6) is 1.57. The average Bonchev–Trinajstić information content (AvgIpc) is 2.83. The van der Waals surface area contributed by atoms with Crippen molar-refractivity contribution in [3.05, 3.63) is 42.5 Å². The maximum absolute atomic E-state index is 5.13. The molecule has 0 bridgehead atoms. The molecule has 2 aromatic rings. The van der Waals surface area contributed by atoms with E-state index in [-0.39, 0.29) is 6.04 Å². The van der Waals surface area contributed by atoms with Crippen LogP contribution in [-0.4, -0.2) is 12.1 Å². The fourth-order valence-corrected chi connectivity index (χ4v) is 1.44. The van der Waals surface area contributed by atoms with Crippen molar-refractivity contribution >= 4 is 5.82 Å². The molecule has 0 saturated heterocycles. The van der Waals surface area contributed by atoms with Crippen molar-refractivity contribution in [2.24, 2.45) is 0 Å². The Morgan fingerprint density at radius 3 is 3.00 bits per heavy atom. The van der Waals surface area contributed by atoms with Crippen LogP contribution in [-0.2, 0) is 0 Å². The standard InChI is InChI=1S/C12H14N2O2/c1-9(10-4-6-16-8-10)14-12-7-11(15-2)3-5-13-12/h3-9H,1-2H3,(H,13,14). The van der Waals surface area contributed by atoms with Crippen LogP contribution < -0.4 is 10.1 Å². The van der Waals surface area contributed by atoms with Gasteiger partial charge in [-0.3, -0.25) is 0 Å². The fraction of sp³-hybridized carbons (Fsp3) is 0.250. The van der Waals surface area contributed by atoms with Gasteiger partial charge in [-0.15, -0.1) is 0 Å². The SMILES string of the molecule is COc1ccnc(NC(C)c2ccoc2)c1. The van der Waals surface area contributed by atoms with E-state index in [0.717, 1.165) is 17.1 Å². The molecule has 0 aliphatic rings. The number of aromatic nitrogens is 1. The van der Waals surface area contributed by atoms with Crippen LogP contribution >= 0.6 is 0 Å². The first-order valence-corrected chi connectivity index (χ1v) is 5.08. The van der Waals surface area contributed by atoms with Crippen LogP contribution in [0, 0.1) is 0 Å². The molecule has 2 heterocycles. The lowest BCUT2D eigenvalue weighted by atomic mass is 10.2. The van der Waals surface area contributed by atoms with E-state index in [2.05, 4.69) is 10.3 Å². The van der Waals surface area contributed by atoms with Crippen molar-refractivity contribution in [3.63, 3.8) is 0 Å². The van der Waals surface area contributed by atoms with E-state index in [1.165, 1.54) is 0 Å². The molecule has 1 unspecified atom stereocenters. The third-order valence-corrected chi connectivity index (χ3v) is 2.37. The molecular formula is C12H14N2O2. The zero-order valence-electron chi connectivity index (χ0n) is 9.31. The molecule has 84 valence electrons. The number of furan rings is 1. The van der Waals surface area contributed by atoms with E-state index in [1.54, 1.807) is 25.8 Å². The zero-order valence-corrected chi connectivity index (χ0v) is 9.31. The van der Waals surface area contributed by atoms with Crippen LogP contribution in [0.4, 0.5) is 5.82 Å². The van der Waals surface area contributed by atoms with Gasteiger partial charge in [0.25, 0.3) is 0 Å². The third kappa shape index (κ3) is 2.34. The van der Waals surface area contributed by atoms with Gasteiger partial charge in [-0.25, -0.2) is 4.98 Å². The van der Waals surface area contributed by atoms with Crippen molar-refractivity contribution in [1.29, 1.82) is 0 Å². The first-order chi connectivity index (χ1) is 7.79. The number of anilines is 1. The van der Waals surface area contributed by atoms with E-state index in [4.69, 9.17) is 9.15 Å². The van der Waals surface area contributed by atoms with E-state index < -0.39 is 0 Å². The summed E-state index contributed by atoms with van der Waals surface area (Å²) < 4.78 is 10.2. The average molecular weight is 218 g/mol. The van der Waals surface area contributed by atoms with Crippen LogP contribution in [0.1, 0.15) is 18.5 Å². The topological polar surface area (TPSA) is 47.3 Å². The van der Waals surface area contributed by atoms with Gasteiger partial charge in [-0.05, 0) is 19.1 Å². The molecule has 0 aliphatic heterocycles. The van der Waals surface area contributed by atoms with Gasteiger partial charge < -0.3 is 14.5 Å². The summed E-state index contributed by atoms with van der Waals surface area (Å²) in [6, 6.07) is 5.75. The molecule has 0 amide bonds. The van der Waals surface area contributed by atoms with Gasteiger partial charge in [0.1, 0.15) is 11.6 Å². The highest BCUT2D eigenvalue weighted by atomic mass is 16.5. The summed E-state index contributed by atoms with van der Waals surface area (Å²) >= 11 is 0. The Hall–Kier alpha value is -1.97. The molecule has 0 aromatic carbocycles. The first kappa shape index (κ1) is 10.5. The Balaban J connectivity index is 2.08. The molecule has 1 N–H and O–H groups in total. The number of nitrogens with one attached hydrogen (secondary N) is 1. The minimum absolute atomic E-state index is 0.151. The summed E-state index contributed by atoms with van der Waals surface area (Å²) in [5, 5.41) is 3.27. The lowest BCUT2D eigenvalue weighted by Gasteiger charge is -2.12. The molecular weight excluding hydrogens is 204 g/mol. The lowest BCUT2D eigenvalue weighted by molar-refractivity contribution is 0.414. The summed E-state index contributed by atoms with van der Waals surface area (Å²) in [4.78, 5) is 4.22. The number of methoxy groups -OCH3 is 1. The second-order valence-corrected chi connectivity index (χ2v) is 3.50. The van der Waals surface area contributed by atoms with Gasteiger partial charge in [0, 0.05) is 17.8 Å². The Labute approximate surface area is 94.3 Å². The Bertz CT molecular complexity index is 440. The smallest absolute Gasteiger partial charge is 0.130 e. The predicted octanol–water partition coefficient (Wildman–Crippen LogP) is 2.86. The van der Waals surface area contributed by atoms with Crippen molar-refractivity contribution < 1.29 is 9.15 Å². The van der Waals surface area contributed by atoms with E-state index in [0.29, 0.717) is 0 Å². The summed E-state index contributed by atoms with van der Waals surface area (Å²) in [5.41, 5.74) is 1.09. The highest BCUT2D eigenvalue weighted by Crippen LogP contribution is 2.20. The normalized spacial score (nSPS) is 12.1.